The Balaban J connectivity index is 2.02. The molecule has 2 aromatic carbocycles. The van der Waals surface area contributed by atoms with E-state index in [0.29, 0.717) is 13.1 Å². The van der Waals surface area contributed by atoms with Crippen molar-refractivity contribution in [1.82, 2.24) is 5.32 Å². The summed E-state index contributed by atoms with van der Waals surface area (Å²) in [5.74, 6) is 0.575. The smallest absolute Gasteiger partial charge is 0.223 e. The largest absolute Gasteiger partial charge is 0.496 e. The number of rotatable bonds is 7. The van der Waals surface area contributed by atoms with Crippen LogP contribution in [0.15, 0.2) is 36.4 Å². The molecule has 2 aromatic rings. The molecule has 1 N–H and O–H groups in total. The van der Waals surface area contributed by atoms with E-state index in [-0.39, 0.29) is 18.2 Å². The summed E-state index contributed by atoms with van der Waals surface area (Å²) in [6, 6.07) is 11.7. The minimum absolute atomic E-state index is 0.0671. The van der Waals surface area contributed by atoms with Crippen LogP contribution in [0.5, 0.6) is 5.75 Å². The molecule has 0 bridgehead atoms. The second-order valence-electron chi connectivity index (χ2n) is 6.76. The Morgan fingerprint density at radius 2 is 1.70 bits per heavy atom. The maximum absolute atomic E-state index is 12.3. The van der Waals surface area contributed by atoms with Gasteiger partial charge in [0.2, 0.25) is 11.8 Å². The van der Waals surface area contributed by atoms with Gasteiger partial charge in [-0.25, -0.2) is 0 Å². The molecule has 27 heavy (non-hydrogen) atoms. The highest BCUT2D eigenvalue weighted by Crippen LogP contribution is 2.26. The third-order valence-corrected chi connectivity index (χ3v) is 4.52. The van der Waals surface area contributed by atoms with Gasteiger partial charge in [-0.3, -0.25) is 9.59 Å². The van der Waals surface area contributed by atoms with Crippen molar-refractivity contribution in [3.63, 3.8) is 0 Å². The van der Waals surface area contributed by atoms with Crippen LogP contribution in [0.1, 0.15) is 35.6 Å². The van der Waals surface area contributed by atoms with Crippen LogP contribution in [0.2, 0.25) is 0 Å². The zero-order valence-corrected chi connectivity index (χ0v) is 16.8. The molecule has 0 unspecified atom stereocenters. The number of hydrogen-bond donors (Lipinski definition) is 1. The van der Waals surface area contributed by atoms with Crippen LogP contribution >= 0.6 is 0 Å². The van der Waals surface area contributed by atoms with E-state index >= 15 is 0 Å². The van der Waals surface area contributed by atoms with E-state index in [2.05, 4.69) is 17.4 Å². The van der Waals surface area contributed by atoms with Crippen LogP contribution in [0.4, 0.5) is 5.69 Å². The quantitative estimate of drug-likeness (QED) is 0.811. The first-order valence-corrected chi connectivity index (χ1v) is 9.08. The first-order valence-electron chi connectivity index (χ1n) is 9.08. The van der Waals surface area contributed by atoms with Crippen LogP contribution < -0.4 is 15.0 Å². The highest BCUT2D eigenvalue weighted by molar-refractivity contribution is 5.94. The first kappa shape index (κ1) is 20.5. The number of amides is 2. The molecule has 5 heteroatoms. The number of benzene rings is 2. The molecule has 0 aliphatic rings. The summed E-state index contributed by atoms with van der Waals surface area (Å²) in [6.45, 7) is 8.29. The van der Waals surface area contributed by atoms with Crippen molar-refractivity contribution in [2.24, 2.45) is 0 Å². The first-order chi connectivity index (χ1) is 12.8. The number of nitrogens with one attached hydrogen (secondary N) is 1. The minimum Gasteiger partial charge on any atom is -0.496 e. The number of aryl methyl sites for hydroxylation is 3. The normalized spacial score (nSPS) is 10.4. The summed E-state index contributed by atoms with van der Waals surface area (Å²) >= 11 is 0. The molecule has 0 atom stereocenters. The van der Waals surface area contributed by atoms with Crippen molar-refractivity contribution < 1.29 is 14.3 Å². The Kier molecular flexibility index (Phi) is 6.99. The van der Waals surface area contributed by atoms with E-state index in [9.17, 15) is 9.59 Å². The number of para-hydroxylation sites is 1. The third kappa shape index (κ3) is 5.33. The molecule has 2 amide bonds. The highest BCUT2D eigenvalue weighted by Gasteiger charge is 2.18. The van der Waals surface area contributed by atoms with Gasteiger partial charge < -0.3 is 15.0 Å². The van der Waals surface area contributed by atoms with Crippen LogP contribution in [-0.4, -0.2) is 25.5 Å². The molecule has 2 rings (SSSR count). The molecular formula is C22H28N2O3. The van der Waals surface area contributed by atoms with Gasteiger partial charge in [0.1, 0.15) is 5.75 Å². The lowest BCUT2D eigenvalue weighted by atomic mass is 10.0. The fourth-order valence-corrected chi connectivity index (χ4v) is 3.37. The Bertz CT molecular complexity index is 807. The third-order valence-electron chi connectivity index (χ3n) is 4.52. The van der Waals surface area contributed by atoms with Gasteiger partial charge in [-0.05, 0) is 38.0 Å². The van der Waals surface area contributed by atoms with Gasteiger partial charge in [0.15, 0.2) is 0 Å². The van der Waals surface area contributed by atoms with E-state index in [0.717, 1.165) is 33.7 Å². The van der Waals surface area contributed by atoms with Crippen molar-refractivity contribution in [2.75, 3.05) is 18.6 Å². The average Bonchev–Trinajstić information content (AvgIpc) is 2.61. The lowest BCUT2D eigenvalue weighted by Crippen LogP contribution is -2.34. The van der Waals surface area contributed by atoms with Crippen LogP contribution in [0.3, 0.4) is 0 Å². The predicted molar refractivity (Wildman–Crippen MR) is 108 cm³/mol. The van der Waals surface area contributed by atoms with Gasteiger partial charge in [0.05, 0.1) is 7.11 Å². The van der Waals surface area contributed by atoms with Crippen LogP contribution in [-0.2, 0) is 16.1 Å². The van der Waals surface area contributed by atoms with Gasteiger partial charge in [-0.15, -0.1) is 0 Å². The number of ether oxygens (including phenoxy) is 1. The number of methoxy groups -OCH3 is 1. The molecule has 144 valence electrons. The summed E-state index contributed by atoms with van der Waals surface area (Å²) in [6.07, 6.45) is 0.238. The number of carbonyl (C=O) groups is 2. The van der Waals surface area contributed by atoms with Crippen molar-refractivity contribution >= 4 is 17.5 Å². The summed E-state index contributed by atoms with van der Waals surface area (Å²) < 4.78 is 5.30. The van der Waals surface area contributed by atoms with Crippen molar-refractivity contribution in [2.45, 2.75) is 40.7 Å². The Morgan fingerprint density at radius 1 is 1.07 bits per heavy atom. The molecule has 0 saturated heterocycles. The van der Waals surface area contributed by atoms with Gasteiger partial charge in [0, 0.05) is 37.7 Å². The van der Waals surface area contributed by atoms with Crippen LogP contribution in [0.25, 0.3) is 0 Å². The van der Waals surface area contributed by atoms with E-state index in [4.69, 9.17) is 4.74 Å². The van der Waals surface area contributed by atoms with E-state index in [1.165, 1.54) is 6.92 Å². The Labute approximate surface area is 161 Å². The minimum atomic E-state index is -0.102. The SMILES string of the molecule is COc1ccccc1CNC(=O)CCN(C(C)=O)c1c(C)cc(C)cc1C. The maximum Gasteiger partial charge on any atom is 0.223 e. The van der Waals surface area contributed by atoms with Gasteiger partial charge in [-0.1, -0.05) is 35.9 Å². The van der Waals surface area contributed by atoms with E-state index in [1.807, 2.05) is 45.0 Å². The predicted octanol–water partition coefficient (Wildman–Crippen LogP) is 3.68. The van der Waals surface area contributed by atoms with E-state index in [1.54, 1.807) is 12.0 Å². The summed E-state index contributed by atoms with van der Waals surface area (Å²) in [7, 11) is 1.61. The zero-order chi connectivity index (χ0) is 20.0. The molecule has 0 heterocycles. The average molecular weight is 368 g/mol. The molecule has 0 fully saturated rings. The van der Waals surface area contributed by atoms with Gasteiger partial charge in [-0.2, -0.15) is 0 Å². The Morgan fingerprint density at radius 3 is 2.30 bits per heavy atom. The number of nitrogens with zero attached hydrogens (tertiary/aromatic N) is 1. The summed E-state index contributed by atoms with van der Waals surface area (Å²) in [4.78, 5) is 26.2. The molecule has 0 aromatic heterocycles. The second-order valence-corrected chi connectivity index (χ2v) is 6.76. The van der Waals surface area contributed by atoms with Crippen molar-refractivity contribution in [1.29, 1.82) is 0 Å². The van der Waals surface area contributed by atoms with Crippen LogP contribution in [0, 0.1) is 20.8 Å². The molecule has 0 aliphatic heterocycles. The standard InChI is InChI=1S/C22H28N2O3/c1-15-12-16(2)22(17(3)13-15)24(18(4)25)11-10-21(26)23-14-19-8-6-7-9-20(19)27-5/h6-9,12-13H,10-11,14H2,1-5H3,(H,23,26). The number of hydrogen-bond acceptors (Lipinski definition) is 3. The van der Waals surface area contributed by atoms with Gasteiger partial charge >= 0.3 is 0 Å². The zero-order valence-electron chi connectivity index (χ0n) is 16.8. The summed E-state index contributed by atoms with van der Waals surface area (Å²) in [5, 5.41) is 2.90. The van der Waals surface area contributed by atoms with Crippen molar-refractivity contribution in [3.05, 3.63) is 58.7 Å². The maximum atomic E-state index is 12.3. The highest BCUT2D eigenvalue weighted by atomic mass is 16.5. The lowest BCUT2D eigenvalue weighted by molar-refractivity contribution is -0.121. The topological polar surface area (TPSA) is 58.6 Å². The molecule has 5 nitrogen and oxygen atoms in total. The number of carbonyl (C=O) groups excluding carboxylic acids is 2. The fraction of sp³-hybridized carbons (Fsp3) is 0.364. The molecule has 0 aliphatic carbocycles. The van der Waals surface area contributed by atoms with E-state index < -0.39 is 0 Å². The molecule has 0 radical (unpaired) electrons. The monoisotopic (exact) mass is 368 g/mol. The molecule has 0 saturated carbocycles. The molecular weight excluding hydrogens is 340 g/mol. The lowest BCUT2D eigenvalue weighted by Gasteiger charge is -2.25. The Hall–Kier alpha value is -2.82. The van der Waals surface area contributed by atoms with Gasteiger partial charge in [0.25, 0.3) is 0 Å². The fourth-order valence-electron chi connectivity index (χ4n) is 3.37. The summed E-state index contributed by atoms with van der Waals surface area (Å²) in [5.41, 5.74) is 5.05. The second kappa shape index (κ2) is 9.21. The number of anilines is 1. The molecule has 0 spiro atoms. The van der Waals surface area contributed by atoms with Crippen molar-refractivity contribution in [3.8, 4) is 5.75 Å².